The third-order valence-corrected chi connectivity index (χ3v) is 7.22. The first-order valence-electron chi connectivity index (χ1n) is 11.6. The Labute approximate surface area is 217 Å². The molecule has 8 nitrogen and oxygen atoms in total. The number of nitrogens with zero attached hydrogens (tertiary/aromatic N) is 5. The highest BCUT2D eigenvalue weighted by molar-refractivity contribution is 6.37. The lowest BCUT2D eigenvalue weighted by Crippen LogP contribution is -2.66. The maximum absolute atomic E-state index is 14.8. The molecule has 1 aromatic heterocycles. The molecule has 198 valence electrons. The number of anilines is 1. The second-order valence-electron chi connectivity index (χ2n) is 9.19. The Bertz CT molecular complexity index is 1470. The van der Waals surface area contributed by atoms with Gasteiger partial charge in [0.25, 0.3) is 5.95 Å². The van der Waals surface area contributed by atoms with E-state index in [2.05, 4.69) is 20.4 Å². The van der Waals surface area contributed by atoms with Crippen molar-refractivity contribution in [3.8, 4) is 5.69 Å². The van der Waals surface area contributed by atoms with Gasteiger partial charge < -0.3 is 9.64 Å². The van der Waals surface area contributed by atoms with Crippen molar-refractivity contribution in [2.75, 3.05) is 18.5 Å². The predicted octanol–water partition coefficient (Wildman–Crippen LogP) is 5.13. The maximum atomic E-state index is 14.8. The van der Waals surface area contributed by atoms with Crippen molar-refractivity contribution >= 4 is 29.3 Å². The molecule has 6 rings (SSSR count). The highest BCUT2D eigenvalue weighted by atomic mass is 35.5. The molecular formula is C24H18ClF5N6O2. The average Bonchev–Trinajstić information content (AvgIpc) is 3.21. The van der Waals surface area contributed by atoms with E-state index in [9.17, 15) is 26.7 Å². The molecule has 2 saturated heterocycles. The second-order valence-corrected chi connectivity index (χ2v) is 9.57. The number of aromatic nitrogens is 3. The van der Waals surface area contributed by atoms with Crippen LogP contribution >= 0.6 is 11.6 Å². The zero-order valence-corrected chi connectivity index (χ0v) is 20.3. The van der Waals surface area contributed by atoms with E-state index in [0.29, 0.717) is 13.2 Å². The SMILES string of the molecule is C[C@@H]1N=C(c2c(F)cccc2F)c2c(ccc(C(F)(F)F)c2Cl)-n2nc(NC(=O)N3C4COCC3C4)nc21. The van der Waals surface area contributed by atoms with Crippen LogP contribution in [0.15, 0.2) is 35.3 Å². The third kappa shape index (κ3) is 3.83. The molecule has 2 bridgehead atoms. The fraction of sp³-hybridized carbons (Fsp3) is 0.333. The molecule has 2 fully saturated rings. The number of morpholine rings is 1. The molecule has 14 heteroatoms. The summed E-state index contributed by atoms with van der Waals surface area (Å²) in [6.45, 7) is 2.38. The number of carbonyl (C=O) groups is 1. The van der Waals surface area contributed by atoms with Gasteiger partial charge in [-0.2, -0.15) is 18.2 Å². The molecule has 2 aromatic carbocycles. The van der Waals surface area contributed by atoms with Gasteiger partial charge in [0, 0.05) is 5.56 Å². The number of alkyl halides is 3. The quantitative estimate of drug-likeness (QED) is 0.447. The molecule has 3 aliphatic heterocycles. The van der Waals surface area contributed by atoms with Gasteiger partial charge in [-0.1, -0.05) is 17.7 Å². The monoisotopic (exact) mass is 552 g/mol. The second kappa shape index (κ2) is 8.73. The number of rotatable bonds is 2. The van der Waals surface area contributed by atoms with E-state index in [1.54, 1.807) is 4.90 Å². The summed E-state index contributed by atoms with van der Waals surface area (Å²) in [5.74, 6) is -2.04. The first kappa shape index (κ1) is 24.7. The lowest BCUT2D eigenvalue weighted by atomic mass is 9.92. The van der Waals surface area contributed by atoms with Gasteiger partial charge in [-0.25, -0.2) is 18.3 Å². The van der Waals surface area contributed by atoms with Crippen molar-refractivity contribution < 1.29 is 31.5 Å². The largest absolute Gasteiger partial charge is 0.417 e. The number of halogens is 6. The summed E-state index contributed by atoms with van der Waals surface area (Å²) in [5.41, 5.74) is -2.66. The van der Waals surface area contributed by atoms with E-state index < -0.39 is 51.7 Å². The van der Waals surface area contributed by atoms with Crippen molar-refractivity contribution in [3.05, 3.63) is 69.5 Å². The van der Waals surface area contributed by atoms with Crippen LogP contribution in [0.4, 0.5) is 32.7 Å². The number of carbonyl (C=O) groups excluding carboxylic acids is 1. The fourth-order valence-corrected chi connectivity index (χ4v) is 5.43. The molecule has 3 aromatic rings. The van der Waals surface area contributed by atoms with Crippen LogP contribution in [0.5, 0.6) is 0 Å². The van der Waals surface area contributed by atoms with Crippen molar-refractivity contribution in [2.45, 2.75) is 37.6 Å². The highest BCUT2D eigenvalue weighted by Crippen LogP contribution is 2.42. The summed E-state index contributed by atoms with van der Waals surface area (Å²) in [6.07, 6.45) is -4.03. The van der Waals surface area contributed by atoms with Crippen LogP contribution in [0, 0.1) is 11.6 Å². The van der Waals surface area contributed by atoms with E-state index in [1.807, 2.05) is 0 Å². The molecular weight excluding hydrogens is 535 g/mol. The molecule has 0 radical (unpaired) electrons. The summed E-state index contributed by atoms with van der Waals surface area (Å²) in [7, 11) is 0. The molecule has 2 amide bonds. The van der Waals surface area contributed by atoms with E-state index in [-0.39, 0.29) is 35.1 Å². The molecule has 0 spiro atoms. The molecule has 2 unspecified atom stereocenters. The molecule has 3 aliphatic rings. The van der Waals surface area contributed by atoms with Crippen LogP contribution in [0.3, 0.4) is 0 Å². The van der Waals surface area contributed by atoms with E-state index in [1.165, 1.54) is 11.6 Å². The minimum atomic E-state index is -4.85. The normalized spacial score (nSPS) is 22.1. The van der Waals surface area contributed by atoms with Gasteiger partial charge in [0.15, 0.2) is 5.82 Å². The van der Waals surface area contributed by atoms with Crippen LogP contribution in [0.1, 0.15) is 41.9 Å². The minimum absolute atomic E-state index is 0.0361. The summed E-state index contributed by atoms with van der Waals surface area (Å²) in [4.78, 5) is 23.2. The number of fused-ring (bicyclic) bond motifs is 5. The van der Waals surface area contributed by atoms with Crippen LogP contribution < -0.4 is 5.32 Å². The standard InChI is InChI=1S/C24H18ClF5N6O2/c1-10-21-32-22(33-23(37)35-11-7-12(35)9-38-8-11)34-36(21)16-6-5-13(24(28,29)30)19(25)18(16)20(31-10)17-14(26)3-2-4-15(17)27/h2-6,10-12H,7-9H2,1H3,(H,33,34,37)/t10-,11?,12?/m0/s1. The van der Waals surface area contributed by atoms with Gasteiger partial charge in [0.2, 0.25) is 0 Å². The number of amides is 2. The third-order valence-electron chi connectivity index (χ3n) is 6.82. The van der Waals surface area contributed by atoms with Crippen LogP contribution in [0.25, 0.3) is 5.69 Å². The molecule has 0 aliphatic carbocycles. The Morgan fingerprint density at radius 2 is 1.79 bits per heavy atom. The van der Waals surface area contributed by atoms with Gasteiger partial charge in [0.05, 0.1) is 52.8 Å². The van der Waals surface area contributed by atoms with Gasteiger partial charge >= 0.3 is 12.2 Å². The van der Waals surface area contributed by atoms with Crippen LogP contribution in [-0.2, 0) is 10.9 Å². The predicted molar refractivity (Wildman–Crippen MR) is 126 cm³/mol. The van der Waals surface area contributed by atoms with Crippen LogP contribution in [-0.4, -0.2) is 56.7 Å². The van der Waals surface area contributed by atoms with Gasteiger partial charge in [-0.05, 0) is 37.6 Å². The number of hydrogen-bond acceptors (Lipinski definition) is 5. The van der Waals surface area contributed by atoms with Crippen molar-refractivity contribution in [1.29, 1.82) is 0 Å². The van der Waals surface area contributed by atoms with E-state index in [0.717, 1.165) is 36.8 Å². The fourth-order valence-electron chi connectivity index (χ4n) is 5.07. The molecule has 0 saturated carbocycles. The topological polar surface area (TPSA) is 84.6 Å². The van der Waals surface area contributed by atoms with Gasteiger partial charge in [-0.15, -0.1) is 5.10 Å². The number of nitrogens with one attached hydrogen (secondary N) is 1. The van der Waals surface area contributed by atoms with Gasteiger partial charge in [0.1, 0.15) is 17.7 Å². The molecule has 3 atom stereocenters. The lowest BCUT2D eigenvalue weighted by Gasteiger charge is -2.51. The lowest BCUT2D eigenvalue weighted by molar-refractivity contribution is -0.137. The summed E-state index contributed by atoms with van der Waals surface area (Å²) < 4.78 is 77.6. The number of hydrogen-bond donors (Lipinski definition) is 1. The summed E-state index contributed by atoms with van der Waals surface area (Å²) in [5, 5.41) is 6.12. The summed E-state index contributed by atoms with van der Waals surface area (Å²) >= 11 is 6.27. The van der Waals surface area contributed by atoms with Crippen molar-refractivity contribution in [1.82, 2.24) is 19.7 Å². The zero-order valence-electron chi connectivity index (χ0n) is 19.6. The van der Waals surface area contributed by atoms with Crippen molar-refractivity contribution in [2.24, 2.45) is 4.99 Å². The Balaban J connectivity index is 1.49. The first-order chi connectivity index (χ1) is 18.0. The van der Waals surface area contributed by atoms with E-state index >= 15 is 0 Å². The maximum Gasteiger partial charge on any atom is 0.417 e. The Hall–Kier alpha value is -3.58. The number of benzene rings is 2. The average molecular weight is 553 g/mol. The first-order valence-corrected chi connectivity index (χ1v) is 12.0. The zero-order chi connectivity index (χ0) is 26.9. The molecule has 1 N–H and O–H groups in total. The number of aliphatic imine (C=N–C) groups is 1. The number of ether oxygens (including phenoxy) is 1. The van der Waals surface area contributed by atoms with E-state index in [4.69, 9.17) is 16.3 Å². The van der Waals surface area contributed by atoms with Crippen LogP contribution in [0.2, 0.25) is 5.02 Å². The minimum Gasteiger partial charge on any atom is -0.377 e. The Kier molecular flexibility index (Phi) is 5.69. The molecule has 4 heterocycles. The Morgan fingerprint density at radius 1 is 1.11 bits per heavy atom. The van der Waals surface area contributed by atoms with Crippen molar-refractivity contribution in [3.63, 3.8) is 0 Å². The highest BCUT2D eigenvalue weighted by Gasteiger charge is 2.45. The van der Waals surface area contributed by atoms with Gasteiger partial charge in [-0.3, -0.25) is 10.3 Å². The molecule has 38 heavy (non-hydrogen) atoms. The smallest absolute Gasteiger partial charge is 0.377 e. The number of urea groups is 1. The Morgan fingerprint density at radius 3 is 2.42 bits per heavy atom. The summed E-state index contributed by atoms with van der Waals surface area (Å²) in [6, 6.07) is 3.41.